The zero-order valence-corrected chi connectivity index (χ0v) is 22.5. The van der Waals surface area contributed by atoms with Crippen molar-refractivity contribution in [1.82, 2.24) is 9.80 Å². The van der Waals surface area contributed by atoms with Crippen LogP contribution in [0.25, 0.3) is 0 Å². The van der Waals surface area contributed by atoms with Crippen molar-refractivity contribution in [3.63, 3.8) is 0 Å². The fourth-order valence-corrected chi connectivity index (χ4v) is 6.71. The molecule has 38 heavy (non-hydrogen) atoms. The summed E-state index contributed by atoms with van der Waals surface area (Å²) in [7, 11) is 0. The molecule has 2 fully saturated rings. The van der Waals surface area contributed by atoms with Gasteiger partial charge in [0, 0.05) is 31.4 Å². The van der Waals surface area contributed by atoms with Crippen molar-refractivity contribution in [2.75, 3.05) is 37.7 Å². The van der Waals surface area contributed by atoms with Gasteiger partial charge in [-0.1, -0.05) is 31.2 Å². The quantitative estimate of drug-likeness (QED) is 0.550. The summed E-state index contributed by atoms with van der Waals surface area (Å²) < 4.78 is 12.5. The number of hydrogen-bond donors (Lipinski definition) is 1. The van der Waals surface area contributed by atoms with Crippen LogP contribution < -0.4 is 9.64 Å². The number of likely N-dealkylation sites (tertiary alicyclic amines) is 1. The van der Waals surface area contributed by atoms with Crippen LogP contribution in [0.4, 0.5) is 5.69 Å². The number of carbonyl (C=O) groups is 3. The van der Waals surface area contributed by atoms with E-state index in [1.807, 2.05) is 76.3 Å². The molecule has 5 atom stereocenters. The molecular weight excluding hydrogens is 486 g/mol. The van der Waals surface area contributed by atoms with Gasteiger partial charge in [0.25, 0.3) is 0 Å². The molecule has 0 aliphatic carbocycles. The molecule has 4 aliphatic rings. The Morgan fingerprint density at radius 3 is 2.34 bits per heavy atom. The number of aliphatic hydroxyl groups is 1. The zero-order chi connectivity index (χ0) is 27.2. The van der Waals surface area contributed by atoms with Gasteiger partial charge in [-0.3, -0.25) is 14.4 Å². The molecule has 1 aromatic carbocycles. The Labute approximate surface area is 223 Å². The van der Waals surface area contributed by atoms with Crippen molar-refractivity contribution in [2.24, 2.45) is 11.8 Å². The van der Waals surface area contributed by atoms with Gasteiger partial charge in [0.2, 0.25) is 17.7 Å². The highest BCUT2D eigenvalue weighted by Crippen LogP contribution is 2.58. The molecule has 204 valence electrons. The van der Waals surface area contributed by atoms with Gasteiger partial charge < -0.3 is 29.3 Å². The van der Waals surface area contributed by atoms with E-state index in [-0.39, 0.29) is 36.9 Å². The summed E-state index contributed by atoms with van der Waals surface area (Å²) in [6.45, 7) is 8.69. The third-order valence-electron chi connectivity index (χ3n) is 8.39. The first-order valence-corrected chi connectivity index (χ1v) is 13.6. The predicted molar refractivity (Wildman–Crippen MR) is 141 cm³/mol. The van der Waals surface area contributed by atoms with Crippen molar-refractivity contribution in [1.29, 1.82) is 0 Å². The average molecular weight is 524 g/mol. The SMILES string of the molecule is CCOc1ccc(N2CC=C[C@@]3(CC)O[C@]45C=CCN(C(C)C)C(=O)C4N(CCO)C(=O)[C@@H]5[C@H]3C2=O)cc1. The summed E-state index contributed by atoms with van der Waals surface area (Å²) in [4.78, 5) is 47.3. The number of rotatable bonds is 7. The second-order valence-electron chi connectivity index (χ2n) is 10.6. The van der Waals surface area contributed by atoms with Crippen LogP contribution in [0.5, 0.6) is 5.75 Å². The molecule has 1 spiro atoms. The second-order valence-corrected chi connectivity index (χ2v) is 10.6. The van der Waals surface area contributed by atoms with Crippen molar-refractivity contribution in [3.8, 4) is 5.75 Å². The first-order chi connectivity index (χ1) is 18.2. The number of amides is 3. The number of β-amino-alcohol motifs (C(OH)–C–C–N with tert-alkyl or cyclic N) is 1. The smallest absolute Gasteiger partial charge is 0.249 e. The van der Waals surface area contributed by atoms with Crippen LogP contribution in [-0.4, -0.2) is 88.8 Å². The van der Waals surface area contributed by atoms with Crippen LogP contribution in [-0.2, 0) is 19.1 Å². The van der Waals surface area contributed by atoms with Gasteiger partial charge in [-0.25, -0.2) is 0 Å². The maximum absolute atomic E-state index is 14.4. The minimum absolute atomic E-state index is 0.00486. The summed E-state index contributed by atoms with van der Waals surface area (Å²) in [5, 5.41) is 9.83. The number of nitrogens with zero attached hydrogens (tertiary/aromatic N) is 3. The molecule has 0 aromatic heterocycles. The van der Waals surface area contributed by atoms with E-state index in [1.165, 1.54) is 4.90 Å². The Bertz CT molecular complexity index is 1160. The lowest BCUT2D eigenvalue weighted by Crippen LogP contribution is -2.57. The van der Waals surface area contributed by atoms with Crippen molar-refractivity contribution in [2.45, 2.75) is 57.4 Å². The molecule has 5 rings (SSSR count). The lowest BCUT2D eigenvalue weighted by molar-refractivity contribution is -0.153. The monoisotopic (exact) mass is 523 g/mol. The van der Waals surface area contributed by atoms with Crippen LogP contribution in [0.15, 0.2) is 48.6 Å². The highest BCUT2D eigenvalue weighted by molar-refractivity contribution is 6.04. The number of hydrogen-bond acceptors (Lipinski definition) is 6. The summed E-state index contributed by atoms with van der Waals surface area (Å²) in [6, 6.07) is 6.29. The number of benzene rings is 1. The van der Waals surface area contributed by atoms with Crippen LogP contribution in [0.2, 0.25) is 0 Å². The van der Waals surface area contributed by atoms with E-state index in [0.29, 0.717) is 37.6 Å². The van der Waals surface area contributed by atoms with Crippen molar-refractivity contribution < 1.29 is 29.0 Å². The summed E-state index contributed by atoms with van der Waals surface area (Å²) in [5.41, 5.74) is -1.66. The van der Waals surface area contributed by atoms with E-state index in [0.717, 1.165) is 0 Å². The predicted octanol–water partition coefficient (Wildman–Crippen LogP) is 2.15. The van der Waals surface area contributed by atoms with Crippen molar-refractivity contribution in [3.05, 3.63) is 48.6 Å². The Balaban J connectivity index is 1.62. The third kappa shape index (κ3) is 3.78. The Morgan fingerprint density at radius 1 is 1.00 bits per heavy atom. The molecule has 0 bridgehead atoms. The lowest BCUT2D eigenvalue weighted by Gasteiger charge is -2.39. The maximum atomic E-state index is 14.4. The van der Waals surface area contributed by atoms with Crippen LogP contribution in [0, 0.1) is 11.8 Å². The first kappa shape index (κ1) is 26.4. The van der Waals surface area contributed by atoms with E-state index < -0.39 is 29.1 Å². The van der Waals surface area contributed by atoms with Gasteiger partial charge in [0.15, 0.2) is 0 Å². The van der Waals surface area contributed by atoms with Gasteiger partial charge in [0.05, 0.1) is 30.7 Å². The molecule has 3 amide bonds. The number of anilines is 1. The summed E-state index contributed by atoms with van der Waals surface area (Å²) in [6.07, 6.45) is 8.02. The molecule has 9 heteroatoms. The molecule has 4 heterocycles. The van der Waals surface area contributed by atoms with Gasteiger partial charge >= 0.3 is 0 Å². The molecule has 0 radical (unpaired) electrons. The Kier molecular flexibility index (Phi) is 6.86. The topological polar surface area (TPSA) is 99.6 Å². The molecule has 1 aromatic rings. The minimum Gasteiger partial charge on any atom is -0.494 e. The van der Waals surface area contributed by atoms with Crippen molar-refractivity contribution >= 4 is 23.4 Å². The number of fused-ring (bicyclic) bond motifs is 2. The fourth-order valence-electron chi connectivity index (χ4n) is 6.71. The molecule has 0 saturated carbocycles. The first-order valence-electron chi connectivity index (χ1n) is 13.6. The van der Waals surface area contributed by atoms with Crippen LogP contribution >= 0.6 is 0 Å². The average Bonchev–Trinajstić information content (AvgIpc) is 3.17. The van der Waals surface area contributed by atoms with E-state index in [2.05, 4.69) is 0 Å². The van der Waals surface area contributed by atoms with Crippen LogP contribution in [0.1, 0.15) is 34.1 Å². The lowest BCUT2D eigenvalue weighted by atomic mass is 9.73. The van der Waals surface area contributed by atoms with Gasteiger partial charge in [-0.15, -0.1) is 0 Å². The normalized spacial score (nSPS) is 32.4. The summed E-state index contributed by atoms with van der Waals surface area (Å²) >= 11 is 0. The minimum atomic E-state index is -1.31. The Hall–Kier alpha value is -3.17. The molecule has 2 saturated heterocycles. The third-order valence-corrected chi connectivity index (χ3v) is 8.39. The fraction of sp³-hybridized carbons (Fsp3) is 0.552. The highest BCUT2D eigenvalue weighted by atomic mass is 16.5. The number of ether oxygens (including phenoxy) is 2. The Morgan fingerprint density at radius 2 is 1.71 bits per heavy atom. The largest absolute Gasteiger partial charge is 0.494 e. The highest BCUT2D eigenvalue weighted by Gasteiger charge is 2.75. The second kappa shape index (κ2) is 9.85. The molecule has 1 unspecified atom stereocenters. The van der Waals surface area contributed by atoms with E-state index in [9.17, 15) is 19.5 Å². The zero-order valence-electron chi connectivity index (χ0n) is 22.5. The maximum Gasteiger partial charge on any atom is 0.249 e. The number of carbonyl (C=O) groups excluding carboxylic acids is 3. The molecule has 4 aliphatic heterocycles. The van der Waals surface area contributed by atoms with Gasteiger partial charge in [-0.05, 0) is 51.5 Å². The molecule has 9 nitrogen and oxygen atoms in total. The molecule has 1 N–H and O–H groups in total. The van der Waals surface area contributed by atoms with Crippen LogP contribution in [0.3, 0.4) is 0 Å². The summed E-state index contributed by atoms with van der Waals surface area (Å²) in [5.74, 6) is -1.79. The molecular formula is C29H37N3O6. The van der Waals surface area contributed by atoms with E-state index in [4.69, 9.17) is 9.47 Å². The van der Waals surface area contributed by atoms with E-state index >= 15 is 0 Å². The van der Waals surface area contributed by atoms with Gasteiger partial charge in [0.1, 0.15) is 17.4 Å². The standard InChI is InChI=1S/C29H37N3O6/c1-5-28-13-7-16-31(20-9-11-21(12-10-20)37-6-2)25(34)22(28)23-26(35)32(17-18-33)24-27(36)30(19(3)4)15-8-14-29(23,24)38-28/h7-14,19,22-24,33H,5-6,15-18H2,1-4H3/t22-,23-,24?,28+,29-/m0/s1. The van der Waals surface area contributed by atoms with E-state index in [1.54, 1.807) is 9.80 Å². The van der Waals surface area contributed by atoms with Gasteiger partial charge in [-0.2, -0.15) is 0 Å². The number of aliphatic hydroxyl groups excluding tert-OH is 1.